The molecule has 1 atom stereocenters. The molecule has 5 nitrogen and oxygen atoms in total. The van der Waals surface area contributed by atoms with Gasteiger partial charge in [0.25, 0.3) is 0 Å². The van der Waals surface area contributed by atoms with Gasteiger partial charge in [-0.3, -0.25) is 0 Å². The number of unbranched alkanes of at least 4 members (excludes halogenated alkanes) is 3. The molecule has 0 aliphatic heterocycles. The van der Waals surface area contributed by atoms with Crippen LogP contribution in [0.1, 0.15) is 52.9 Å². The first kappa shape index (κ1) is 15.6. The Morgan fingerprint density at radius 3 is 2.86 bits per heavy atom. The Hall–Kier alpha value is -1.78. The van der Waals surface area contributed by atoms with E-state index in [1.165, 1.54) is 32.1 Å². The molecule has 0 amide bonds. The Balaban J connectivity index is 2.04. The zero-order chi connectivity index (χ0) is 15.1. The van der Waals surface area contributed by atoms with Crippen molar-refractivity contribution in [2.45, 2.75) is 58.9 Å². The summed E-state index contributed by atoms with van der Waals surface area (Å²) >= 11 is 0. The summed E-state index contributed by atoms with van der Waals surface area (Å²) in [5, 5.41) is 6.78. The van der Waals surface area contributed by atoms with Gasteiger partial charge in [0, 0.05) is 25.0 Å². The zero-order valence-electron chi connectivity index (χ0n) is 13.4. The van der Waals surface area contributed by atoms with Gasteiger partial charge in [0.05, 0.1) is 6.20 Å². The van der Waals surface area contributed by atoms with Crippen molar-refractivity contribution in [2.75, 3.05) is 17.2 Å². The minimum atomic E-state index is 0.409. The molecule has 21 heavy (non-hydrogen) atoms. The summed E-state index contributed by atoms with van der Waals surface area (Å²) in [5.41, 5.74) is 0.886. The fraction of sp³-hybridized carbons (Fsp3) is 0.625. The topological polar surface area (TPSA) is 54.2 Å². The molecule has 0 spiro atoms. The monoisotopic (exact) mass is 289 g/mol. The Morgan fingerprint density at radius 2 is 2.10 bits per heavy atom. The summed E-state index contributed by atoms with van der Waals surface area (Å²) in [6, 6.07) is 0.409. The van der Waals surface area contributed by atoms with Gasteiger partial charge >= 0.3 is 0 Å². The largest absolute Gasteiger partial charge is 0.369 e. The Labute approximate surface area is 127 Å². The van der Waals surface area contributed by atoms with Crippen LogP contribution in [-0.4, -0.2) is 27.0 Å². The lowest BCUT2D eigenvalue weighted by Crippen LogP contribution is -2.17. The normalized spacial score (nSPS) is 12.5. The molecule has 2 heterocycles. The highest BCUT2D eigenvalue weighted by Crippen LogP contribution is 2.18. The van der Waals surface area contributed by atoms with Gasteiger partial charge in [-0.05, 0) is 20.3 Å². The minimum absolute atomic E-state index is 0.409. The number of aromatic nitrogens is 3. The first-order valence-corrected chi connectivity index (χ1v) is 8.08. The number of imidazole rings is 1. The predicted octanol–water partition coefficient (Wildman–Crippen LogP) is 3.93. The van der Waals surface area contributed by atoms with E-state index in [2.05, 4.69) is 41.4 Å². The lowest BCUT2D eigenvalue weighted by molar-refractivity contribution is 0.593. The molecule has 0 radical (unpaired) electrons. The van der Waals surface area contributed by atoms with Gasteiger partial charge < -0.3 is 15.0 Å². The van der Waals surface area contributed by atoms with E-state index in [9.17, 15) is 0 Å². The Bertz CT molecular complexity index is 549. The van der Waals surface area contributed by atoms with Gasteiger partial charge in [0.15, 0.2) is 11.5 Å². The summed E-state index contributed by atoms with van der Waals surface area (Å²) in [4.78, 5) is 9.03. The molecule has 2 rings (SSSR count). The van der Waals surface area contributed by atoms with E-state index < -0.39 is 0 Å². The van der Waals surface area contributed by atoms with Crippen molar-refractivity contribution in [3.63, 3.8) is 0 Å². The Morgan fingerprint density at radius 1 is 1.24 bits per heavy atom. The second kappa shape index (κ2) is 7.86. The third kappa shape index (κ3) is 4.34. The number of hydrogen-bond donors (Lipinski definition) is 2. The van der Waals surface area contributed by atoms with Crippen molar-refractivity contribution in [2.24, 2.45) is 0 Å². The van der Waals surface area contributed by atoms with Crippen LogP contribution in [0, 0.1) is 0 Å². The SMILES string of the molecule is CCCCCCC(C)Nc1nc(NCC)cn2ccnc12. The average Bonchev–Trinajstić information content (AvgIpc) is 2.92. The quantitative estimate of drug-likeness (QED) is 0.687. The number of anilines is 2. The third-order valence-electron chi connectivity index (χ3n) is 3.61. The predicted molar refractivity (Wildman–Crippen MR) is 89.0 cm³/mol. The van der Waals surface area contributed by atoms with Gasteiger partial charge in [-0.15, -0.1) is 0 Å². The van der Waals surface area contributed by atoms with E-state index in [1.54, 1.807) is 0 Å². The average molecular weight is 289 g/mol. The molecule has 0 aliphatic carbocycles. The molecular formula is C16H27N5. The van der Waals surface area contributed by atoms with Crippen molar-refractivity contribution < 1.29 is 0 Å². The van der Waals surface area contributed by atoms with Crippen LogP contribution in [0.2, 0.25) is 0 Å². The number of nitrogens with one attached hydrogen (secondary N) is 2. The van der Waals surface area contributed by atoms with Crippen LogP contribution in [0.4, 0.5) is 11.6 Å². The fourth-order valence-electron chi connectivity index (χ4n) is 2.48. The minimum Gasteiger partial charge on any atom is -0.369 e. The molecule has 0 bridgehead atoms. The third-order valence-corrected chi connectivity index (χ3v) is 3.61. The van der Waals surface area contributed by atoms with Gasteiger partial charge in [0.2, 0.25) is 0 Å². The molecule has 0 saturated carbocycles. The standard InChI is InChI=1S/C16H27N5/c1-4-6-7-8-9-13(3)19-15-16-18-10-11-21(16)12-14(20-15)17-5-2/h10-13,17H,4-9H2,1-3H3,(H,19,20). The number of fused-ring (bicyclic) bond motifs is 1. The highest BCUT2D eigenvalue weighted by molar-refractivity contribution is 5.65. The first-order chi connectivity index (χ1) is 10.2. The van der Waals surface area contributed by atoms with E-state index >= 15 is 0 Å². The van der Waals surface area contributed by atoms with Crippen molar-refractivity contribution in [3.8, 4) is 0 Å². The number of nitrogens with zero attached hydrogens (tertiary/aromatic N) is 3. The smallest absolute Gasteiger partial charge is 0.180 e. The van der Waals surface area contributed by atoms with E-state index in [4.69, 9.17) is 0 Å². The first-order valence-electron chi connectivity index (χ1n) is 8.08. The maximum absolute atomic E-state index is 4.64. The van der Waals surface area contributed by atoms with Crippen LogP contribution in [0.3, 0.4) is 0 Å². The van der Waals surface area contributed by atoms with Crippen LogP contribution in [0.25, 0.3) is 5.65 Å². The lowest BCUT2D eigenvalue weighted by Gasteiger charge is -2.16. The molecule has 0 aromatic carbocycles. The summed E-state index contributed by atoms with van der Waals surface area (Å²) in [6.07, 6.45) is 12.1. The van der Waals surface area contributed by atoms with Crippen molar-refractivity contribution >= 4 is 17.3 Å². The van der Waals surface area contributed by atoms with Gasteiger partial charge in [-0.2, -0.15) is 0 Å². The molecule has 1 unspecified atom stereocenters. The highest BCUT2D eigenvalue weighted by Gasteiger charge is 2.10. The molecule has 2 aromatic rings. The number of rotatable bonds is 9. The summed E-state index contributed by atoms with van der Waals surface area (Å²) in [6.45, 7) is 7.39. The van der Waals surface area contributed by atoms with Crippen LogP contribution in [0.15, 0.2) is 18.6 Å². The van der Waals surface area contributed by atoms with E-state index in [0.717, 1.165) is 23.8 Å². The lowest BCUT2D eigenvalue weighted by atomic mass is 10.1. The fourth-order valence-corrected chi connectivity index (χ4v) is 2.48. The molecule has 5 heteroatoms. The van der Waals surface area contributed by atoms with E-state index in [0.29, 0.717) is 6.04 Å². The van der Waals surface area contributed by atoms with Gasteiger partial charge in [-0.25, -0.2) is 9.97 Å². The second-order valence-corrected chi connectivity index (χ2v) is 5.56. The molecule has 2 N–H and O–H groups in total. The molecular weight excluding hydrogens is 262 g/mol. The van der Waals surface area contributed by atoms with Crippen LogP contribution in [-0.2, 0) is 0 Å². The van der Waals surface area contributed by atoms with Crippen molar-refractivity contribution in [1.29, 1.82) is 0 Å². The number of hydrogen-bond acceptors (Lipinski definition) is 4. The second-order valence-electron chi connectivity index (χ2n) is 5.56. The molecule has 116 valence electrons. The summed E-state index contributed by atoms with van der Waals surface area (Å²) < 4.78 is 2.01. The summed E-state index contributed by atoms with van der Waals surface area (Å²) in [5.74, 6) is 1.74. The van der Waals surface area contributed by atoms with Crippen LogP contribution in [0.5, 0.6) is 0 Å². The molecule has 0 aliphatic rings. The summed E-state index contributed by atoms with van der Waals surface area (Å²) in [7, 11) is 0. The van der Waals surface area contributed by atoms with Crippen molar-refractivity contribution in [1.82, 2.24) is 14.4 Å². The molecule has 2 aromatic heterocycles. The Kier molecular flexibility index (Phi) is 5.84. The molecule has 0 saturated heterocycles. The van der Waals surface area contributed by atoms with E-state index in [1.807, 2.05) is 23.0 Å². The maximum Gasteiger partial charge on any atom is 0.180 e. The van der Waals surface area contributed by atoms with Crippen molar-refractivity contribution in [3.05, 3.63) is 18.6 Å². The maximum atomic E-state index is 4.64. The highest BCUT2D eigenvalue weighted by atomic mass is 15.1. The zero-order valence-corrected chi connectivity index (χ0v) is 13.4. The van der Waals surface area contributed by atoms with Crippen LogP contribution >= 0.6 is 0 Å². The van der Waals surface area contributed by atoms with Gasteiger partial charge in [-0.1, -0.05) is 32.6 Å². The van der Waals surface area contributed by atoms with Crippen LogP contribution < -0.4 is 10.6 Å². The van der Waals surface area contributed by atoms with E-state index in [-0.39, 0.29) is 0 Å². The molecule has 0 fully saturated rings. The van der Waals surface area contributed by atoms with Gasteiger partial charge in [0.1, 0.15) is 5.82 Å².